The molecule has 0 spiro atoms. The third-order valence-corrected chi connectivity index (χ3v) is 4.80. The zero-order valence-electron chi connectivity index (χ0n) is 16.3. The number of ether oxygens (including phenoxy) is 1. The van der Waals surface area contributed by atoms with Crippen molar-refractivity contribution >= 4 is 5.91 Å². The van der Waals surface area contributed by atoms with Gasteiger partial charge in [-0.1, -0.05) is 6.07 Å². The van der Waals surface area contributed by atoms with Crippen molar-refractivity contribution < 1.29 is 19.0 Å². The zero-order chi connectivity index (χ0) is 21.5. The van der Waals surface area contributed by atoms with Gasteiger partial charge in [0.2, 0.25) is 5.75 Å². The molecule has 0 fully saturated rings. The van der Waals surface area contributed by atoms with Crippen LogP contribution in [0.1, 0.15) is 35.7 Å². The molecule has 2 N–H and O–H groups in total. The van der Waals surface area contributed by atoms with Gasteiger partial charge in [0.15, 0.2) is 5.69 Å². The van der Waals surface area contributed by atoms with Gasteiger partial charge in [0.05, 0.1) is 31.2 Å². The molecule has 4 rings (SSSR count). The predicted octanol–water partition coefficient (Wildman–Crippen LogP) is 0.864. The third kappa shape index (κ3) is 3.43. The second-order valence-corrected chi connectivity index (χ2v) is 7.22. The maximum atomic E-state index is 13.7. The first-order chi connectivity index (χ1) is 14.3. The van der Waals surface area contributed by atoms with Gasteiger partial charge < -0.3 is 15.2 Å². The molecule has 0 saturated heterocycles. The molecule has 30 heavy (non-hydrogen) atoms. The number of halogens is 1. The van der Waals surface area contributed by atoms with E-state index in [9.17, 15) is 19.1 Å². The van der Waals surface area contributed by atoms with Gasteiger partial charge in [0.25, 0.3) is 11.5 Å². The minimum Gasteiger partial charge on any atom is -0.501 e. The Kier molecular flexibility index (Phi) is 4.82. The number of nitrogens with one attached hydrogen (secondary N) is 1. The first kappa shape index (κ1) is 19.7. The van der Waals surface area contributed by atoms with Crippen molar-refractivity contribution in [3.05, 3.63) is 63.8 Å². The summed E-state index contributed by atoms with van der Waals surface area (Å²) in [5, 5.41) is 20.8. The van der Waals surface area contributed by atoms with Crippen LogP contribution >= 0.6 is 0 Å². The second kappa shape index (κ2) is 7.34. The van der Waals surface area contributed by atoms with Crippen molar-refractivity contribution in [1.82, 2.24) is 29.9 Å². The molecule has 1 aliphatic rings. The second-order valence-electron chi connectivity index (χ2n) is 7.22. The summed E-state index contributed by atoms with van der Waals surface area (Å²) in [6, 6.07) is 3.97. The Morgan fingerprint density at radius 3 is 2.80 bits per heavy atom. The van der Waals surface area contributed by atoms with Gasteiger partial charge in [-0.15, -0.1) is 0 Å². The average molecular weight is 414 g/mol. The average Bonchev–Trinajstić information content (AvgIpc) is 3.24. The molecule has 156 valence electrons. The van der Waals surface area contributed by atoms with Crippen LogP contribution in [-0.4, -0.2) is 42.2 Å². The highest BCUT2D eigenvalue weighted by molar-refractivity contribution is 5.94. The van der Waals surface area contributed by atoms with Crippen molar-refractivity contribution in [2.45, 2.75) is 32.5 Å². The molecule has 0 atom stereocenters. The number of hydrogen-bond acceptors (Lipinski definition) is 7. The van der Waals surface area contributed by atoms with E-state index in [-0.39, 0.29) is 18.9 Å². The lowest BCUT2D eigenvalue weighted by Crippen LogP contribution is -2.42. The minimum absolute atomic E-state index is 0.0323. The summed E-state index contributed by atoms with van der Waals surface area (Å²) < 4.78 is 20.6. The number of benzene rings is 1. The summed E-state index contributed by atoms with van der Waals surface area (Å²) in [5.41, 5.74) is -1.12. The molecule has 10 nitrogen and oxygen atoms in total. The van der Waals surface area contributed by atoms with Crippen LogP contribution in [0, 0.1) is 5.82 Å². The number of aromatic nitrogens is 5. The fourth-order valence-corrected chi connectivity index (χ4v) is 3.30. The van der Waals surface area contributed by atoms with Gasteiger partial charge >= 0.3 is 0 Å². The lowest BCUT2D eigenvalue weighted by Gasteiger charge is -2.32. The number of hydrogen-bond donors (Lipinski definition) is 2. The van der Waals surface area contributed by atoms with E-state index in [1.807, 2.05) is 0 Å². The van der Waals surface area contributed by atoms with Gasteiger partial charge in [0, 0.05) is 12.6 Å². The van der Waals surface area contributed by atoms with Crippen LogP contribution in [0.5, 0.6) is 5.75 Å². The van der Waals surface area contributed by atoms with Crippen LogP contribution in [-0.2, 0) is 23.4 Å². The van der Waals surface area contributed by atoms with Gasteiger partial charge in [-0.05, 0) is 25.5 Å². The minimum atomic E-state index is -0.893. The van der Waals surface area contributed by atoms with Gasteiger partial charge in [-0.25, -0.2) is 9.37 Å². The predicted molar refractivity (Wildman–Crippen MR) is 102 cm³/mol. The van der Waals surface area contributed by atoms with Crippen LogP contribution in [0.25, 0.3) is 5.69 Å². The number of carbonyl (C=O) groups is 1. The fourth-order valence-electron chi connectivity index (χ4n) is 3.30. The van der Waals surface area contributed by atoms with E-state index in [0.29, 0.717) is 17.9 Å². The van der Waals surface area contributed by atoms with Crippen molar-refractivity contribution in [1.29, 1.82) is 0 Å². The van der Waals surface area contributed by atoms with Crippen LogP contribution in [0.15, 0.2) is 35.4 Å². The molecule has 1 aromatic carbocycles. The molecule has 0 bridgehead atoms. The molecule has 3 aromatic rings. The Labute approximate surface area is 169 Å². The van der Waals surface area contributed by atoms with Crippen molar-refractivity contribution in [2.24, 2.45) is 0 Å². The van der Waals surface area contributed by atoms with Gasteiger partial charge in [-0.2, -0.15) is 15.0 Å². The Hall–Kier alpha value is -3.60. The van der Waals surface area contributed by atoms with E-state index in [1.54, 1.807) is 13.8 Å². The molecule has 1 aliphatic heterocycles. The Bertz CT molecular complexity index is 1170. The Balaban J connectivity index is 1.64. The normalized spacial score (nSPS) is 14.9. The third-order valence-electron chi connectivity index (χ3n) is 4.80. The molecule has 1 amide bonds. The number of amides is 1. The highest BCUT2D eigenvalue weighted by Gasteiger charge is 2.34. The van der Waals surface area contributed by atoms with E-state index in [0.717, 1.165) is 0 Å². The highest BCUT2D eigenvalue weighted by atomic mass is 19.1. The van der Waals surface area contributed by atoms with Crippen LogP contribution in [0.4, 0.5) is 4.39 Å². The number of rotatable bonds is 4. The Morgan fingerprint density at radius 2 is 2.07 bits per heavy atom. The number of fused-ring (bicyclic) bond motifs is 1. The van der Waals surface area contributed by atoms with E-state index in [1.165, 1.54) is 40.0 Å². The van der Waals surface area contributed by atoms with E-state index in [2.05, 4.69) is 20.5 Å². The Morgan fingerprint density at radius 1 is 1.33 bits per heavy atom. The van der Waals surface area contributed by atoms with Crippen molar-refractivity contribution in [2.75, 3.05) is 6.61 Å². The molecule has 0 aliphatic carbocycles. The largest absolute Gasteiger partial charge is 0.501 e. The highest BCUT2D eigenvalue weighted by Crippen LogP contribution is 2.27. The van der Waals surface area contributed by atoms with E-state index >= 15 is 0 Å². The van der Waals surface area contributed by atoms with Crippen molar-refractivity contribution in [3.8, 4) is 11.4 Å². The van der Waals surface area contributed by atoms with E-state index < -0.39 is 34.3 Å². The van der Waals surface area contributed by atoms with Crippen LogP contribution < -0.4 is 10.9 Å². The maximum Gasteiger partial charge on any atom is 0.296 e. The number of carbonyl (C=O) groups excluding carboxylic acids is 1. The molecule has 0 saturated carbocycles. The van der Waals surface area contributed by atoms with Crippen LogP contribution in [0.3, 0.4) is 0 Å². The lowest BCUT2D eigenvalue weighted by atomic mass is 10.1. The van der Waals surface area contributed by atoms with Gasteiger partial charge in [0.1, 0.15) is 17.2 Å². The smallest absolute Gasteiger partial charge is 0.296 e. The van der Waals surface area contributed by atoms with E-state index in [4.69, 9.17) is 4.74 Å². The molecule has 11 heteroatoms. The summed E-state index contributed by atoms with van der Waals surface area (Å²) in [6.07, 6.45) is 2.89. The molecule has 2 aromatic heterocycles. The fraction of sp³-hybridized carbons (Fsp3) is 0.316. The lowest BCUT2D eigenvalue weighted by molar-refractivity contribution is -0.0566. The molecule has 0 unspecified atom stereocenters. The quantitative estimate of drug-likeness (QED) is 0.649. The first-order valence-corrected chi connectivity index (χ1v) is 9.19. The maximum absolute atomic E-state index is 13.7. The number of aromatic hydroxyl groups is 1. The number of nitrogens with zero attached hydrogens (tertiary/aromatic N) is 5. The SMILES string of the molecule is CC1(C)OCCn2c1nc(C(=O)NCc1ccc(F)cc1-n1nccn1)c(O)c2=O. The summed E-state index contributed by atoms with van der Waals surface area (Å²) in [6.45, 7) is 3.95. The molecule has 0 radical (unpaired) electrons. The molecule has 3 heterocycles. The topological polar surface area (TPSA) is 124 Å². The van der Waals surface area contributed by atoms with Crippen LogP contribution in [0.2, 0.25) is 0 Å². The monoisotopic (exact) mass is 414 g/mol. The summed E-state index contributed by atoms with van der Waals surface area (Å²) in [5.74, 6) is -1.72. The molecular weight excluding hydrogens is 395 g/mol. The zero-order valence-corrected chi connectivity index (χ0v) is 16.3. The first-order valence-electron chi connectivity index (χ1n) is 9.19. The summed E-state index contributed by atoms with van der Waals surface area (Å²) in [7, 11) is 0. The summed E-state index contributed by atoms with van der Waals surface area (Å²) >= 11 is 0. The van der Waals surface area contributed by atoms with Crippen molar-refractivity contribution in [3.63, 3.8) is 0 Å². The van der Waals surface area contributed by atoms with Gasteiger partial charge in [-0.3, -0.25) is 14.2 Å². The molecular formula is C19H19FN6O4. The standard InChI is InChI=1S/C19H19FN6O4/c1-19(2)18-24-14(15(27)17(29)25(18)7-8-30-19)16(28)21-10-11-3-4-12(20)9-13(11)26-22-5-6-23-26/h3-6,9,27H,7-8,10H2,1-2H3,(H,21,28). The summed E-state index contributed by atoms with van der Waals surface area (Å²) in [4.78, 5) is 30.7.